The molecule has 0 spiro atoms. The molecule has 0 amide bonds. The molecule has 0 aliphatic carbocycles. The van der Waals surface area contributed by atoms with Crippen LogP contribution in [0.25, 0.3) is 99.2 Å². The van der Waals surface area contributed by atoms with Crippen LogP contribution >= 0.6 is 0 Å². The normalized spacial score (nSPS) is 12.8. The Balaban J connectivity index is 1.17. The number of para-hydroxylation sites is 1. The molecule has 0 radical (unpaired) electrons. The van der Waals surface area contributed by atoms with Gasteiger partial charge >= 0.3 is 0 Å². The quantitative estimate of drug-likeness (QED) is 0.172. The molecule has 0 unspecified atom stereocenters. The average Bonchev–Trinajstić information content (AvgIpc) is 3.27. The van der Waals surface area contributed by atoms with E-state index in [4.69, 9.17) is 16.8 Å². The van der Waals surface area contributed by atoms with Crippen molar-refractivity contribution in [2.45, 2.75) is 0 Å². The summed E-state index contributed by atoms with van der Waals surface area (Å²) < 4.78 is 42.8. The fourth-order valence-corrected chi connectivity index (χ4v) is 7.14. The van der Waals surface area contributed by atoms with Crippen molar-refractivity contribution in [2.75, 3.05) is 0 Å². The monoisotopic (exact) mass is 666 g/mol. The van der Waals surface area contributed by atoms with Gasteiger partial charge in [-0.05, 0) is 98.2 Å². The Labute approximate surface area is 308 Å². The van der Waals surface area contributed by atoms with E-state index < -0.39 is 6.04 Å². The highest BCUT2D eigenvalue weighted by Gasteiger charge is 2.14. The molecule has 3 nitrogen and oxygen atoms in total. The van der Waals surface area contributed by atoms with Crippen molar-refractivity contribution in [3.05, 3.63) is 188 Å². The summed E-state index contributed by atoms with van der Waals surface area (Å²) in [6.07, 6.45) is 3.67. The van der Waals surface area contributed by atoms with Gasteiger partial charge in [-0.25, -0.2) is 4.98 Å². The highest BCUT2D eigenvalue weighted by molar-refractivity contribution is 6.04. The molecule has 10 rings (SSSR count). The Kier molecular flexibility index (Phi) is 5.98. The predicted molar refractivity (Wildman–Crippen MR) is 217 cm³/mol. The number of hydrogen-bond acceptors (Lipinski definition) is 3. The van der Waals surface area contributed by atoms with E-state index in [1.165, 1.54) is 10.8 Å². The molecule has 10 aromatic rings. The Morgan fingerprint density at radius 1 is 0.404 bits per heavy atom. The molecular weight excluding hydrogens is 631 g/mol. The van der Waals surface area contributed by atoms with Crippen molar-refractivity contribution in [3.8, 4) is 55.8 Å². The zero-order valence-corrected chi connectivity index (χ0v) is 27.9. The third kappa shape index (κ3) is 5.37. The minimum Gasteiger partial charge on any atom is -0.254 e. The van der Waals surface area contributed by atoms with Gasteiger partial charge in [-0.2, -0.15) is 0 Å². The Morgan fingerprint density at radius 3 is 1.90 bits per heavy atom. The average molecular weight is 667 g/mol. The smallest absolute Gasteiger partial charge is 0.0964 e. The third-order valence-electron chi connectivity index (χ3n) is 9.77. The highest BCUT2D eigenvalue weighted by atomic mass is 14.7. The standard InChI is InChI=1S/C49H31N3/c1-2-10-35(11-3-1)45-30-47(52-46-15-7-6-14-44(45)46)42-28-40(34-18-16-33(17-19-34)38-22-20-32-9-4-5-12-37(32)25-38)27-41(29-42)43-26-39-23-21-36-13-8-24-50-48(36)49(39)51-31-43/h1-31H/i1D,2D,3D,10D,11D. The molecule has 0 atom stereocenters. The van der Waals surface area contributed by atoms with E-state index in [0.717, 1.165) is 60.8 Å². The van der Waals surface area contributed by atoms with Crippen LogP contribution in [0.5, 0.6) is 0 Å². The number of nitrogens with zero attached hydrogens (tertiary/aromatic N) is 3. The van der Waals surface area contributed by atoms with Gasteiger partial charge in [0.05, 0.1) is 29.1 Å². The molecule has 7 aromatic carbocycles. The second-order valence-corrected chi connectivity index (χ2v) is 12.9. The summed E-state index contributed by atoms with van der Waals surface area (Å²) in [5.41, 5.74) is 10.5. The molecule has 0 aliphatic heterocycles. The van der Waals surface area contributed by atoms with Crippen LogP contribution in [-0.4, -0.2) is 15.0 Å². The van der Waals surface area contributed by atoms with Crippen LogP contribution in [0.3, 0.4) is 0 Å². The van der Waals surface area contributed by atoms with Gasteiger partial charge in [-0.3, -0.25) is 9.97 Å². The predicted octanol–water partition coefficient (Wildman–Crippen LogP) is 12.8. The van der Waals surface area contributed by atoms with E-state index in [1.807, 2.05) is 48.7 Å². The summed E-state index contributed by atoms with van der Waals surface area (Å²) in [4.78, 5) is 14.7. The second kappa shape index (κ2) is 12.4. The van der Waals surface area contributed by atoms with E-state index in [2.05, 4.69) is 108 Å². The van der Waals surface area contributed by atoms with Crippen molar-refractivity contribution in [2.24, 2.45) is 0 Å². The summed E-state index contributed by atoms with van der Waals surface area (Å²) in [7, 11) is 0. The van der Waals surface area contributed by atoms with Crippen LogP contribution in [0.1, 0.15) is 6.85 Å². The summed E-state index contributed by atoms with van der Waals surface area (Å²) >= 11 is 0. The summed E-state index contributed by atoms with van der Waals surface area (Å²) in [6.45, 7) is 0. The molecule has 242 valence electrons. The van der Waals surface area contributed by atoms with Crippen molar-refractivity contribution < 1.29 is 6.85 Å². The van der Waals surface area contributed by atoms with E-state index in [1.54, 1.807) is 6.20 Å². The van der Waals surface area contributed by atoms with E-state index in [0.29, 0.717) is 22.2 Å². The van der Waals surface area contributed by atoms with Crippen molar-refractivity contribution in [1.82, 2.24) is 15.0 Å². The lowest BCUT2D eigenvalue weighted by atomic mass is 9.92. The Hall–Kier alpha value is -6.97. The van der Waals surface area contributed by atoms with Crippen LogP contribution in [0.2, 0.25) is 0 Å². The van der Waals surface area contributed by atoms with Crippen molar-refractivity contribution >= 4 is 43.5 Å². The van der Waals surface area contributed by atoms with Gasteiger partial charge in [0.2, 0.25) is 0 Å². The molecule has 0 saturated carbocycles. The summed E-state index contributed by atoms with van der Waals surface area (Å²) in [6, 6.07) is 47.7. The molecule has 3 heterocycles. The summed E-state index contributed by atoms with van der Waals surface area (Å²) in [5, 5.41) is 5.08. The van der Waals surface area contributed by atoms with Crippen LogP contribution < -0.4 is 0 Å². The van der Waals surface area contributed by atoms with Gasteiger partial charge in [-0.1, -0.05) is 127 Å². The topological polar surface area (TPSA) is 38.7 Å². The number of aromatic nitrogens is 3. The van der Waals surface area contributed by atoms with Gasteiger partial charge < -0.3 is 0 Å². The number of hydrogen-bond donors (Lipinski definition) is 0. The Bertz CT molecular complexity index is 3220. The minimum atomic E-state index is -0.427. The van der Waals surface area contributed by atoms with Crippen LogP contribution in [0.15, 0.2) is 188 Å². The molecule has 52 heavy (non-hydrogen) atoms. The molecule has 0 N–H and O–H groups in total. The maximum absolute atomic E-state index is 8.85. The molecule has 0 aliphatic rings. The van der Waals surface area contributed by atoms with Crippen molar-refractivity contribution in [1.29, 1.82) is 0 Å². The van der Waals surface area contributed by atoms with Crippen molar-refractivity contribution in [3.63, 3.8) is 0 Å². The minimum absolute atomic E-state index is 0.140. The fraction of sp³-hybridized carbons (Fsp3) is 0. The van der Waals surface area contributed by atoms with Gasteiger partial charge in [0.25, 0.3) is 0 Å². The lowest BCUT2D eigenvalue weighted by Gasteiger charge is -2.14. The van der Waals surface area contributed by atoms with Gasteiger partial charge in [0, 0.05) is 39.7 Å². The Morgan fingerprint density at radius 2 is 1.04 bits per heavy atom. The molecule has 0 saturated heterocycles. The van der Waals surface area contributed by atoms with E-state index in [-0.39, 0.29) is 29.7 Å². The number of pyridine rings is 3. The molecule has 0 fully saturated rings. The maximum atomic E-state index is 8.85. The van der Waals surface area contributed by atoms with Gasteiger partial charge in [0.1, 0.15) is 0 Å². The molecule has 3 aromatic heterocycles. The SMILES string of the molecule is [2H]c1c([2H])c([2H])c(-c2cc(-c3cc(-c4ccc(-c5ccc6ccccc6c5)cc4)cc(-c4cnc5c(ccc6cccnc65)c4)c3)nc3ccccc23)c([2H])c1[2H]. The zero-order valence-electron chi connectivity index (χ0n) is 32.9. The van der Waals surface area contributed by atoms with Crippen LogP contribution in [0.4, 0.5) is 0 Å². The van der Waals surface area contributed by atoms with E-state index >= 15 is 0 Å². The third-order valence-corrected chi connectivity index (χ3v) is 9.77. The van der Waals surface area contributed by atoms with Gasteiger partial charge in [-0.15, -0.1) is 0 Å². The zero-order chi connectivity index (χ0) is 38.8. The number of rotatable bonds is 5. The highest BCUT2D eigenvalue weighted by Crippen LogP contribution is 2.38. The number of fused-ring (bicyclic) bond motifs is 5. The maximum Gasteiger partial charge on any atom is 0.0964 e. The first kappa shape index (κ1) is 25.1. The second-order valence-electron chi connectivity index (χ2n) is 12.9. The van der Waals surface area contributed by atoms with Gasteiger partial charge in [0.15, 0.2) is 0 Å². The first-order chi connectivity index (χ1) is 27.8. The lowest BCUT2D eigenvalue weighted by molar-refractivity contribution is 1.37. The number of benzene rings is 7. The molecular formula is C49H31N3. The summed E-state index contributed by atoms with van der Waals surface area (Å²) in [5.74, 6) is 0. The lowest BCUT2D eigenvalue weighted by Crippen LogP contribution is -1.92. The first-order valence-electron chi connectivity index (χ1n) is 19.7. The largest absolute Gasteiger partial charge is 0.254 e. The molecule has 0 bridgehead atoms. The van der Waals surface area contributed by atoms with Crippen LogP contribution in [0, 0.1) is 0 Å². The van der Waals surface area contributed by atoms with Crippen LogP contribution in [-0.2, 0) is 0 Å². The fourth-order valence-electron chi connectivity index (χ4n) is 7.14. The molecule has 3 heteroatoms. The van der Waals surface area contributed by atoms with E-state index in [9.17, 15) is 0 Å². The first-order valence-corrected chi connectivity index (χ1v) is 17.2.